The molecular weight excluding hydrogens is 260 g/mol. The second-order valence-electron chi connectivity index (χ2n) is 4.59. The standard InChI is InChI=1S/C16H17F2NO/c1-10-5-4-6-12(15(10)18)16(19-2)11-7-8-14(20-3)13(17)9-11/h4-9,16,19H,1-3H3. The predicted octanol–water partition coefficient (Wildman–Crippen LogP) is 3.59. The third kappa shape index (κ3) is 2.65. The summed E-state index contributed by atoms with van der Waals surface area (Å²) in [5.74, 6) is -0.560. The summed E-state index contributed by atoms with van der Waals surface area (Å²) in [6.07, 6.45) is 0. The maximum absolute atomic E-state index is 14.2. The van der Waals surface area contributed by atoms with Gasteiger partial charge in [-0.25, -0.2) is 8.78 Å². The number of ether oxygens (including phenoxy) is 1. The predicted molar refractivity (Wildman–Crippen MR) is 75.0 cm³/mol. The zero-order valence-electron chi connectivity index (χ0n) is 11.7. The van der Waals surface area contributed by atoms with Crippen molar-refractivity contribution in [3.05, 3.63) is 64.7 Å². The second-order valence-corrected chi connectivity index (χ2v) is 4.59. The van der Waals surface area contributed by atoms with Crippen LogP contribution in [0, 0.1) is 18.6 Å². The Morgan fingerprint density at radius 3 is 2.50 bits per heavy atom. The van der Waals surface area contributed by atoms with Crippen LogP contribution in [0.4, 0.5) is 8.78 Å². The lowest BCUT2D eigenvalue weighted by Crippen LogP contribution is -2.19. The normalized spacial score (nSPS) is 12.2. The van der Waals surface area contributed by atoms with Gasteiger partial charge in [-0.3, -0.25) is 0 Å². The van der Waals surface area contributed by atoms with Crippen LogP contribution in [0.15, 0.2) is 36.4 Å². The van der Waals surface area contributed by atoms with E-state index in [0.717, 1.165) is 0 Å². The molecule has 2 aromatic carbocycles. The van der Waals surface area contributed by atoms with Crippen LogP contribution in [0.2, 0.25) is 0 Å². The van der Waals surface area contributed by atoms with E-state index in [9.17, 15) is 8.78 Å². The van der Waals surface area contributed by atoms with E-state index in [0.29, 0.717) is 16.7 Å². The summed E-state index contributed by atoms with van der Waals surface area (Å²) >= 11 is 0. The van der Waals surface area contributed by atoms with Gasteiger partial charge in [-0.2, -0.15) is 0 Å². The minimum absolute atomic E-state index is 0.174. The molecule has 106 valence electrons. The van der Waals surface area contributed by atoms with Crippen molar-refractivity contribution in [3.8, 4) is 5.75 Å². The molecule has 0 heterocycles. The number of aryl methyl sites for hydroxylation is 1. The number of halogens is 2. The van der Waals surface area contributed by atoms with Gasteiger partial charge in [-0.05, 0) is 37.2 Å². The zero-order valence-corrected chi connectivity index (χ0v) is 11.7. The van der Waals surface area contributed by atoms with Crippen LogP contribution in [-0.2, 0) is 0 Å². The molecule has 0 amide bonds. The first-order chi connectivity index (χ1) is 9.58. The largest absolute Gasteiger partial charge is 0.494 e. The van der Waals surface area contributed by atoms with Crippen molar-refractivity contribution in [2.75, 3.05) is 14.2 Å². The minimum atomic E-state index is -0.460. The molecule has 0 saturated carbocycles. The van der Waals surface area contributed by atoms with Crippen LogP contribution in [0.3, 0.4) is 0 Å². The van der Waals surface area contributed by atoms with Gasteiger partial charge in [0, 0.05) is 5.56 Å². The molecule has 1 N–H and O–H groups in total. The summed E-state index contributed by atoms with van der Waals surface area (Å²) in [6, 6.07) is 9.43. The molecule has 0 aliphatic rings. The fraction of sp³-hybridized carbons (Fsp3) is 0.250. The van der Waals surface area contributed by atoms with E-state index in [4.69, 9.17) is 4.74 Å². The van der Waals surface area contributed by atoms with E-state index < -0.39 is 11.9 Å². The summed E-state index contributed by atoms with van der Waals surface area (Å²) in [7, 11) is 3.13. The maximum Gasteiger partial charge on any atom is 0.165 e. The molecule has 2 aromatic rings. The molecule has 0 aliphatic carbocycles. The van der Waals surface area contributed by atoms with E-state index >= 15 is 0 Å². The minimum Gasteiger partial charge on any atom is -0.494 e. The molecule has 2 nitrogen and oxygen atoms in total. The summed E-state index contributed by atoms with van der Waals surface area (Å²) in [5, 5.41) is 3.02. The van der Waals surface area contributed by atoms with Crippen LogP contribution in [-0.4, -0.2) is 14.2 Å². The number of hydrogen-bond donors (Lipinski definition) is 1. The van der Waals surface area contributed by atoms with E-state index in [2.05, 4.69) is 5.32 Å². The first kappa shape index (κ1) is 14.5. The fourth-order valence-electron chi connectivity index (χ4n) is 2.26. The first-order valence-corrected chi connectivity index (χ1v) is 6.34. The smallest absolute Gasteiger partial charge is 0.165 e. The molecule has 1 atom stereocenters. The average Bonchev–Trinajstić information content (AvgIpc) is 2.44. The van der Waals surface area contributed by atoms with Crippen LogP contribution < -0.4 is 10.1 Å². The maximum atomic E-state index is 14.2. The van der Waals surface area contributed by atoms with E-state index in [1.165, 1.54) is 13.2 Å². The van der Waals surface area contributed by atoms with Gasteiger partial charge in [-0.1, -0.05) is 24.3 Å². The Bertz CT molecular complexity index is 613. The summed E-state index contributed by atoms with van der Waals surface area (Å²) < 4.78 is 32.9. The van der Waals surface area contributed by atoms with Crippen molar-refractivity contribution in [2.24, 2.45) is 0 Å². The number of benzene rings is 2. The summed E-state index contributed by atoms with van der Waals surface area (Å²) in [5.41, 5.74) is 1.71. The molecule has 1 unspecified atom stereocenters. The lowest BCUT2D eigenvalue weighted by molar-refractivity contribution is 0.386. The fourth-order valence-corrected chi connectivity index (χ4v) is 2.26. The SMILES string of the molecule is CNC(c1ccc(OC)c(F)c1)c1cccc(C)c1F. The van der Waals surface area contributed by atoms with E-state index in [-0.39, 0.29) is 11.6 Å². The van der Waals surface area contributed by atoms with Crippen LogP contribution in [0.25, 0.3) is 0 Å². The highest BCUT2D eigenvalue weighted by atomic mass is 19.1. The quantitative estimate of drug-likeness (QED) is 0.922. The van der Waals surface area contributed by atoms with Crippen molar-refractivity contribution < 1.29 is 13.5 Å². The zero-order chi connectivity index (χ0) is 14.7. The third-order valence-electron chi connectivity index (χ3n) is 3.33. The highest BCUT2D eigenvalue weighted by Gasteiger charge is 2.18. The number of nitrogens with one attached hydrogen (secondary N) is 1. The number of methoxy groups -OCH3 is 1. The van der Waals surface area contributed by atoms with E-state index in [1.807, 2.05) is 0 Å². The monoisotopic (exact) mass is 277 g/mol. The molecular formula is C16H17F2NO. The van der Waals surface area contributed by atoms with Crippen molar-refractivity contribution >= 4 is 0 Å². The van der Waals surface area contributed by atoms with Gasteiger partial charge in [0.15, 0.2) is 11.6 Å². The number of rotatable bonds is 4. The Morgan fingerprint density at radius 1 is 1.15 bits per heavy atom. The van der Waals surface area contributed by atoms with Gasteiger partial charge < -0.3 is 10.1 Å². The van der Waals surface area contributed by atoms with Gasteiger partial charge in [-0.15, -0.1) is 0 Å². The average molecular weight is 277 g/mol. The molecule has 20 heavy (non-hydrogen) atoms. The Kier molecular flexibility index (Phi) is 4.35. The summed E-state index contributed by atoms with van der Waals surface area (Å²) in [6.45, 7) is 1.71. The lowest BCUT2D eigenvalue weighted by Gasteiger charge is -2.19. The van der Waals surface area contributed by atoms with Crippen LogP contribution in [0.5, 0.6) is 5.75 Å². The Morgan fingerprint density at radius 2 is 1.90 bits per heavy atom. The van der Waals surface area contributed by atoms with Crippen molar-refractivity contribution in [1.29, 1.82) is 0 Å². The van der Waals surface area contributed by atoms with Crippen LogP contribution >= 0.6 is 0 Å². The first-order valence-electron chi connectivity index (χ1n) is 6.34. The van der Waals surface area contributed by atoms with Gasteiger partial charge >= 0.3 is 0 Å². The van der Waals surface area contributed by atoms with Gasteiger partial charge in [0.1, 0.15) is 5.82 Å². The molecule has 0 fully saturated rings. The summed E-state index contributed by atoms with van der Waals surface area (Å²) in [4.78, 5) is 0. The van der Waals surface area contributed by atoms with Gasteiger partial charge in [0.05, 0.1) is 13.2 Å². The van der Waals surface area contributed by atoms with Gasteiger partial charge in [0.2, 0.25) is 0 Å². The van der Waals surface area contributed by atoms with E-state index in [1.54, 1.807) is 44.3 Å². The molecule has 0 spiro atoms. The highest BCUT2D eigenvalue weighted by Crippen LogP contribution is 2.28. The van der Waals surface area contributed by atoms with Crippen molar-refractivity contribution in [3.63, 3.8) is 0 Å². The second kappa shape index (κ2) is 6.01. The van der Waals surface area contributed by atoms with Gasteiger partial charge in [0.25, 0.3) is 0 Å². The molecule has 0 aromatic heterocycles. The molecule has 2 rings (SSSR count). The molecule has 0 bridgehead atoms. The molecule has 0 radical (unpaired) electrons. The Labute approximate surface area is 117 Å². The molecule has 0 saturated heterocycles. The number of hydrogen-bond acceptors (Lipinski definition) is 2. The van der Waals surface area contributed by atoms with Crippen LogP contribution in [0.1, 0.15) is 22.7 Å². The molecule has 4 heteroatoms. The third-order valence-corrected chi connectivity index (χ3v) is 3.33. The highest BCUT2D eigenvalue weighted by molar-refractivity contribution is 5.38. The Hall–Kier alpha value is -1.94. The molecule has 0 aliphatic heterocycles. The van der Waals surface area contributed by atoms with Crippen molar-refractivity contribution in [1.82, 2.24) is 5.32 Å². The lowest BCUT2D eigenvalue weighted by atomic mass is 9.96. The Balaban J connectivity index is 2.47. The topological polar surface area (TPSA) is 21.3 Å². The van der Waals surface area contributed by atoms with Crippen molar-refractivity contribution in [2.45, 2.75) is 13.0 Å².